The summed E-state index contributed by atoms with van der Waals surface area (Å²) >= 11 is 0. The van der Waals surface area contributed by atoms with E-state index in [1.165, 1.54) is 64.2 Å². The molecule has 4 aliphatic carbocycles. The number of nitrogens with zero attached hydrogens (tertiary/aromatic N) is 3. The Bertz CT molecular complexity index is 646. The molecule has 0 spiro atoms. The molecule has 5 rings (SSSR count). The van der Waals surface area contributed by atoms with Gasteiger partial charge in [-0.15, -0.1) is 5.10 Å². The molecule has 156 valence electrons. The summed E-state index contributed by atoms with van der Waals surface area (Å²) in [6.07, 6.45) is 18.4. The van der Waals surface area contributed by atoms with Gasteiger partial charge >= 0.3 is 0 Å². The number of methoxy groups -OCH3 is 1. The Morgan fingerprint density at radius 3 is 2.75 bits per heavy atom. The quantitative estimate of drug-likeness (QED) is 0.699. The highest BCUT2D eigenvalue weighted by Gasteiger charge is 2.56. The van der Waals surface area contributed by atoms with Crippen molar-refractivity contribution in [3.05, 3.63) is 12.4 Å². The van der Waals surface area contributed by atoms with Crippen LogP contribution in [0.5, 0.6) is 0 Å². The lowest BCUT2D eigenvalue weighted by Crippen LogP contribution is -2.48. The van der Waals surface area contributed by atoms with Gasteiger partial charge in [0.05, 0.1) is 6.20 Å². The van der Waals surface area contributed by atoms with Gasteiger partial charge in [0.1, 0.15) is 0 Å². The summed E-state index contributed by atoms with van der Waals surface area (Å²) in [5.74, 6) is 6.81. The summed E-state index contributed by atoms with van der Waals surface area (Å²) in [6.45, 7) is 4.70. The van der Waals surface area contributed by atoms with E-state index in [9.17, 15) is 0 Å². The van der Waals surface area contributed by atoms with Crippen molar-refractivity contribution in [1.82, 2.24) is 15.0 Å². The van der Waals surface area contributed by atoms with E-state index >= 15 is 0 Å². The molecule has 1 heterocycles. The van der Waals surface area contributed by atoms with Crippen molar-refractivity contribution in [2.75, 3.05) is 13.7 Å². The third-order valence-corrected chi connectivity index (χ3v) is 9.84. The van der Waals surface area contributed by atoms with Crippen LogP contribution < -0.4 is 0 Å². The lowest BCUT2D eigenvalue weighted by Gasteiger charge is -2.56. The molecule has 0 aromatic carbocycles. The standard InChI is InChI=1S/C24H39N3O/c1-24-11-9-21-20-6-3-17(16-28-2)15-18(20)4-7-22(21)23(24)8-5-19(24)10-13-27-14-12-25-26-27/h12,14,17-23H,3-11,13,15-16H2,1-2H3/t17-,18?,19+,20-,21?,22+,23?,24+/m0/s1. The average Bonchev–Trinajstić information content (AvgIpc) is 3.33. The van der Waals surface area contributed by atoms with Crippen LogP contribution in [0.3, 0.4) is 0 Å². The lowest BCUT2D eigenvalue weighted by atomic mass is 9.49. The van der Waals surface area contributed by atoms with Gasteiger partial charge in [-0.25, -0.2) is 0 Å². The molecule has 4 nitrogen and oxygen atoms in total. The van der Waals surface area contributed by atoms with Gasteiger partial charge < -0.3 is 4.74 Å². The average molecular weight is 386 g/mol. The van der Waals surface area contributed by atoms with Gasteiger partial charge in [0, 0.05) is 26.5 Å². The second-order valence-electron chi connectivity index (χ2n) is 10.8. The van der Waals surface area contributed by atoms with Gasteiger partial charge in [-0.1, -0.05) is 12.1 Å². The SMILES string of the molecule is COC[C@H]1CC[C@H]2C(CC[C@@H]3C2CC[C@@]2(C)C3CC[C@@H]2CCn2ccnn2)C1. The minimum absolute atomic E-state index is 0.585. The molecular formula is C24H39N3O. The van der Waals surface area contributed by atoms with Crippen molar-refractivity contribution in [3.8, 4) is 0 Å². The van der Waals surface area contributed by atoms with E-state index < -0.39 is 0 Å². The van der Waals surface area contributed by atoms with Crippen LogP contribution in [-0.4, -0.2) is 28.7 Å². The maximum atomic E-state index is 5.49. The third-order valence-electron chi connectivity index (χ3n) is 9.84. The third kappa shape index (κ3) is 3.24. The Labute approximate surface area is 170 Å². The minimum atomic E-state index is 0.585. The van der Waals surface area contributed by atoms with Crippen molar-refractivity contribution in [2.45, 2.75) is 77.7 Å². The summed E-state index contributed by atoms with van der Waals surface area (Å²) in [5, 5.41) is 8.17. The molecule has 1 aromatic heterocycles. The van der Waals surface area contributed by atoms with Gasteiger partial charge in [0.15, 0.2) is 0 Å². The Kier molecular flexibility index (Phi) is 5.27. The fraction of sp³-hybridized carbons (Fsp3) is 0.917. The summed E-state index contributed by atoms with van der Waals surface area (Å²) in [4.78, 5) is 0. The molecule has 0 amide bonds. The highest BCUT2D eigenvalue weighted by atomic mass is 16.5. The van der Waals surface area contributed by atoms with Crippen molar-refractivity contribution in [2.24, 2.45) is 46.8 Å². The zero-order chi connectivity index (χ0) is 19.1. The molecule has 4 saturated carbocycles. The molecule has 4 aliphatic rings. The summed E-state index contributed by atoms with van der Waals surface area (Å²) < 4.78 is 7.52. The number of hydrogen-bond acceptors (Lipinski definition) is 3. The van der Waals surface area contributed by atoms with E-state index in [1.807, 2.05) is 24.2 Å². The summed E-state index contributed by atoms with van der Waals surface area (Å²) in [6, 6.07) is 0. The number of aryl methyl sites for hydroxylation is 1. The summed E-state index contributed by atoms with van der Waals surface area (Å²) in [7, 11) is 1.88. The zero-order valence-electron chi connectivity index (χ0n) is 17.9. The van der Waals surface area contributed by atoms with E-state index in [0.29, 0.717) is 5.41 Å². The van der Waals surface area contributed by atoms with E-state index in [1.54, 1.807) is 0 Å². The van der Waals surface area contributed by atoms with Crippen LogP contribution in [0.15, 0.2) is 12.4 Å². The number of rotatable bonds is 5. The molecule has 0 radical (unpaired) electrons. The Morgan fingerprint density at radius 2 is 1.93 bits per heavy atom. The van der Waals surface area contributed by atoms with Gasteiger partial charge in [0.25, 0.3) is 0 Å². The minimum Gasteiger partial charge on any atom is -0.384 e. The van der Waals surface area contributed by atoms with E-state index in [2.05, 4.69) is 17.2 Å². The van der Waals surface area contributed by atoms with Gasteiger partial charge in [-0.2, -0.15) is 0 Å². The number of hydrogen-bond donors (Lipinski definition) is 0. The number of ether oxygens (including phenoxy) is 1. The number of fused-ring (bicyclic) bond motifs is 5. The molecule has 0 N–H and O–H groups in total. The topological polar surface area (TPSA) is 39.9 Å². The molecule has 0 bridgehead atoms. The zero-order valence-corrected chi connectivity index (χ0v) is 17.9. The second kappa shape index (κ2) is 7.74. The van der Waals surface area contributed by atoms with Gasteiger partial charge in [-0.3, -0.25) is 4.68 Å². The first kappa shape index (κ1) is 19.1. The fourth-order valence-corrected chi connectivity index (χ4v) is 8.56. The number of aromatic nitrogens is 3. The molecule has 0 aliphatic heterocycles. The first-order valence-corrected chi connectivity index (χ1v) is 12.0. The molecule has 0 saturated heterocycles. The van der Waals surface area contributed by atoms with Crippen LogP contribution in [0.1, 0.15) is 71.1 Å². The first-order chi connectivity index (χ1) is 13.7. The monoisotopic (exact) mass is 385 g/mol. The van der Waals surface area contributed by atoms with Crippen LogP contribution in [0.4, 0.5) is 0 Å². The summed E-state index contributed by atoms with van der Waals surface area (Å²) in [5.41, 5.74) is 0.585. The van der Waals surface area contributed by atoms with Crippen LogP contribution >= 0.6 is 0 Å². The predicted octanol–water partition coefficient (Wildman–Crippen LogP) is 5.20. The highest BCUT2D eigenvalue weighted by Crippen LogP contribution is 2.64. The van der Waals surface area contributed by atoms with Crippen LogP contribution in [0.25, 0.3) is 0 Å². The molecule has 3 unspecified atom stereocenters. The normalized spacial score (nSPS) is 45.3. The van der Waals surface area contributed by atoms with Crippen LogP contribution in [0.2, 0.25) is 0 Å². The predicted molar refractivity (Wildman–Crippen MR) is 111 cm³/mol. The van der Waals surface area contributed by atoms with Crippen molar-refractivity contribution in [3.63, 3.8) is 0 Å². The maximum Gasteiger partial charge on any atom is 0.0692 e. The molecule has 8 atom stereocenters. The molecule has 4 fully saturated rings. The lowest BCUT2D eigenvalue weighted by molar-refractivity contribution is -0.0727. The van der Waals surface area contributed by atoms with E-state index in [4.69, 9.17) is 4.74 Å². The Morgan fingerprint density at radius 1 is 1.04 bits per heavy atom. The van der Waals surface area contributed by atoms with Crippen LogP contribution in [-0.2, 0) is 11.3 Å². The largest absolute Gasteiger partial charge is 0.384 e. The molecule has 4 heteroatoms. The van der Waals surface area contributed by atoms with Crippen molar-refractivity contribution >= 4 is 0 Å². The highest BCUT2D eigenvalue weighted by molar-refractivity contribution is 5.05. The van der Waals surface area contributed by atoms with E-state index in [0.717, 1.165) is 54.6 Å². The van der Waals surface area contributed by atoms with Gasteiger partial charge in [-0.05, 0) is 111 Å². The van der Waals surface area contributed by atoms with Crippen molar-refractivity contribution < 1.29 is 4.74 Å². The maximum absolute atomic E-state index is 5.49. The van der Waals surface area contributed by atoms with Gasteiger partial charge in [0.2, 0.25) is 0 Å². The Hall–Kier alpha value is -0.900. The molecular weight excluding hydrogens is 346 g/mol. The van der Waals surface area contributed by atoms with Crippen LogP contribution in [0, 0.1) is 46.8 Å². The van der Waals surface area contributed by atoms with E-state index in [-0.39, 0.29) is 0 Å². The Balaban J connectivity index is 1.25. The first-order valence-electron chi connectivity index (χ1n) is 12.0. The fourth-order valence-electron chi connectivity index (χ4n) is 8.56. The molecule has 28 heavy (non-hydrogen) atoms. The smallest absolute Gasteiger partial charge is 0.0692 e. The van der Waals surface area contributed by atoms with Crippen molar-refractivity contribution in [1.29, 1.82) is 0 Å². The second-order valence-corrected chi connectivity index (χ2v) is 10.8. The molecule has 1 aromatic rings.